The number of hydrogen-bond donors (Lipinski definition) is 1. The van der Waals surface area contributed by atoms with E-state index in [0.29, 0.717) is 6.54 Å². The van der Waals surface area contributed by atoms with Crippen molar-refractivity contribution in [2.45, 2.75) is 25.6 Å². The molecular formula is C15H20N2O4. The Bertz CT molecular complexity index is 492. The number of nitrogens with zero attached hydrogens (tertiary/aromatic N) is 1. The summed E-state index contributed by atoms with van der Waals surface area (Å²) in [5.74, 6) is -0.373. The lowest BCUT2D eigenvalue weighted by atomic mass is 10.1. The van der Waals surface area contributed by atoms with Gasteiger partial charge in [0.05, 0.1) is 13.7 Å². The second kappa shape index (κ2) is 7.08. The molecule has 2 rings (SSSR count). The lowest BCUT2D eigenvalue weighted by Crippen LogP contribution is -2.59. The number of piperazine rings is 1. The maximum atomic E-state index is 12.1. The minimum Gasteiger partial charge on any atom is -0.468 e. The van der Waals surface area contributed by atoms with Crippen LogP contribution in [0, 0.1) is 0 Å². The topological polar surface area (TPSA) is 67.9 Å². The van der Waals surface area contributed by atoms with Crippen molar-refractivity contribution in [1.82, 2.24) is 10.2 Å². The van der Waals surface area contributed by atoms with E-state index >= 15 is 0 Å². The van der Waals surface area contributed by atoms with Gasteiger partial charge in [-0.1, -0.05) is 30.3 Å². The molecule has 1 amide bonds. The van der Waals surface area contributed by atoms with E-state index in [9.17, 15) is 9.59 Å². The Hall–Kier alpha value is -2.08. The van der Waals surface area contributed by atoms with Gasteiger partial charge >= 0.3 is 12.1 Å². The van der Waals surface area contributed by atoms with Crippen LogP contribution >= 0.6 is 0 Å². The zero-order chi connectivity index (χ0) is 15.2. The van der Waals surface area contributed by atoms with Crippen LogP contribution in [0.2, 0.25) is 0 Å². The van der Waals surface area contributed by atoms with Crippen molar-refractivity contribution in [3.8, 4) is 0 Å². The van der Waals surface area contributed by atoms with Gasteiger partial charge in [-0.25, -0.2) is 4.79 Å². The van der Waals surface area contributed by atoms with Crippen LogP contribution in [0.25, 0.3) is 0 Å². The first-order valence-electron chi connectivity index (χ1n) is 6.89. The van der Waals surface area contributed by atoms with Crippen LogP contribution in [-0.2, 0) is 20.9 Å². The monoisotopic (exact) mass is 292 g/mol. The molecule has 114 valence electrons. The number of carbonyl (C=O) groups is 2. The Morgan fingerprint density at radius 1 is 1.29 bits per heavy atom. The first-order valence-corrected chi connectivity index (χ1v) is 6.89. The minimum atomic E-state index is -0.511. The fourth-order valence-corrected chi connectivity index (χ4v) is 2.32. The Kier molecular flexibility index (Phi) is 5.16. The average Bonchev–Trinajstić information content (AvgIpc) is 2.52. The van der Waals surface area contributed by atoms with E-state index in [1.165, 1.54) is 12.0 Å². The van der Waals surface area contributed by atoms with Crippen molar-refractivity contribution in [2.24, 2.45) is 0 Å². The van der Waals surface area contributed by atoms with E-state index in [-0.39, 0.29) is 25.2 Å². The highest BCUT2D eigenvalue weighted by Crippen LogP contribution is 2.09. The summed E-state index contributed by atoms with van der Waals surface area (Å²) in [6, 6.07) is 8.97. The van der Waals surface area contributed by atoms with Gasteiger partial charge in [-0.15, -0.1) is 0 Å². The van der Waals surface area contributed by atoms with E-state index in [0.717, 1.165) is 5.56 Å². The molecule has 6 nitrogen and oxygen atoms in total. The molecule has 1 aliphatic rings. The van der Waals surface area contributed by atoms with Crippen LogP contribution in [0.15, 0.2) is 30.3 Å². The summed E-state index contributed by atoms with van der Waals surface area (Å²) >= 11 is 0. The quantitative estimate of drug-likeness (QED) is 0.847. The highest BCUT2D eigenvalue weighted by molar-refractivity contribution is 5.77. The molecule has 0 unspecified atom stereocenters. The number of methoxy groups -OCH3 is 1. The highest BCUT2D eigenvalue weighted by Gasteiger charge is 2.32. The second-order valence-corrected chi connectivity index (χ2v) is 5.09. The third-order valence-electron chi connectivity index (χ3n) is 3.33. The summed E-state index contributed by atoms with van der Waals surface area (Å²) in [6.07, 6.45) is -0.416. The molecule has 1 fully saturated rings. The summed E-state index contributed by atoms with van der Waals surface area (Å²) in [5.41, 5.74) is 0.929. The van der Waals surface area contributed by atoms with Crippen molar-refractivity contribution in [2.75, 3.05) is 20.2 Å². The van der Waals surface area contributed by atoms with Gasteiger partial charge < -0.3 is 14.4 Å². The van der Waals surface area contributed by atoms with E-state index in [1.54, 1.807) is 0 Å². The number of nitrogens with one attached hydrogen (secondary N) is 1. The number of esters is 1. The lowest BCUT2D eigenvalue weighted by molar-refractivity contribution is -0.144. The normalized spacial score (nSPS) is 21.7. The molecule has 6 heteroatoms. The first-order chi connectivity index (χ1) is 10.1. The molecule has 0 aliphatic carbocycles. The average molecular weight is 292 g/mol. The largest absolute Gasteiger partial charge is 0.468 e. The van der Waals surface area contributed by atoms with Crippen molar-refractivity contribution in [3.05, 3.63) is 35.9 Å². The molecule has 1 aliphatic heterocycles. The molecule has 2 atom stereocenters. The summed E-state index contributed by atoms with van der Waals surface area (Å²) in [7, 11) is 1.33. The van der Waals surface area contributed by atoms with E-state index in [2.05, 4.69) is 5.32 Å². The zero-order valence-corrected chi connectivity index (χ0v) is 12.2. The van der Waals surface area contributed by atoms with Gasteiger partial charge in [-0.3, -0.25) is 10.1 Å². The molecule has 21 heavy (non-hydrogen) atoms. The number of hydrogen-bond acceptors (Lipinski definition) is 5. The van der Waals surface area contributed by atoms with Gasteiger partial charge in [0, 0.05) is 12.6 Å². The molecule has 0 bridgehead atoms. The standard InChI is InChI=1S/C15H20N2O4/c1-11-8-17(9-13(16-11)14(18)20-2)15(19)21-10-12-6-4-3-5-7-12/h3-7,11,13,16H,8-10H2,1-2H3/t11-,13+/m0/s1. The van der Waals surface area contributed by atoms with Crippen LogP contribution in [0.1, 0.15) is 12.5 Å². The summed E-state index contributed by atoms with van der Waals surface area (Å²) in [5, 5.41) is 3.10. The predicted octanol–water partition coefficient (Wildman–Crippen LogP) is 1.16. The Labute approximate surface area is 124 Å². The third kappa shape index (κ3) is 4.19. The lowest BCUT2D eigenvalue weighted by Gasteiger charge is -2.35. The van der Waals surface area contributed by atoms with Crippen molar-refractivity contribution in [1.29, 1.82) is 0 Å². The number of amides is 1. The minimum absolute atomic E-state index is 0.00660. The van der Waals surface area contributed by atoms with Crippen molar-refractivity contribution < 1.29 is 19.1 Å². The zero-order valence-electron chi connectivity index (χ0n) is 12.2. The third-order valence-corrected chi connectivity index (χ3v) is 3.33. The van der Waals surface area contributed by atoms with Crippen LogP contribution in [0.5, 0.6) is 0 Å². The van der Waals surface area contributed by atoms with E-state index < -0.39 is 12.1 Å². The molecule has 1 saturated heterocycles. The number of carbonyl (C=O) groups excluding carboxylic acids is 2. The van der Waals surface area contributed by atoms with E-state index in [4.69, 9.17) is 9.47 Å². The predicted molar refractivity (Wildman–Crippen MR) is 76.6 cm³/mol. The molecule has 1 aromatic carbocycles. The molecular weight excluding hydrogens is 272 g/mol. The fourth-order valence-electron chi connectivity index (χ4n) is 2.32. The molecule has 1 aromatic rings. The summed E-state index contributed by atoms with van der Waals surface area (Å²) in [4.78, 5) is 25.2. The number of rotatable bonds is 3. The molecule has 0 spiro atoms. The second-order valence-electron chi connectivity index (χ2n) is 5.09. The van der Waals surface area contributed by atoms with Gasteiger partial charge in [-0.2, -0.15) is 0 Å². The Morgan fingerprint density at radius 3 is 2.67 bits per heavy atom. The fraction of sp³-hybridized carbons (Fsp3) is 0.467. The van der Waals surface area contributed by atoms with Gasteiger partial charge in [-0.05, 0) is 12.5 Å². The molecule has 1 heterocycles. The van der Waals surface area contributed by atoms with Crippen LogP contribution < -0.4 is 5.32 Å². The van der Waals surface area contributed by atoms with Crippen LogP contribution in [0.3, 0.4) is 0 Å². The molecule has 0 aromatic heterocycles. The van der Waals surface area contributed by atoms with Crippen LogP contribution in [0.4, 0.5) is 4.79 Å². The van der Waals surface area contributed by atoms with Gasteiger partial charge in [0.25, 0.3) is 0 Å². The summed E-state index contributed by atoms with van der Waals surface area (Å²) in [6.45, 7) is 2.89. The molecule has 0 radical (unpaired) electrons. The first kappa shape index (κ1) is 15.3. The molecule has 1 N–H and O–H groups in total. The maximum Gasteiger partial charge on any atom is 0.410 e. The summed E-state index contributed by atoms with van der Waals surface area (Å²) < 4.78 is 10.00. The maximum absolute atomic E-state index is 12.1. The van der Waals surface area contributed by atoms with Gasteiger partial charge in [0.2, 0.25) is 0 Å². The van der Waals surface area contributed by atoms with Gasteiger partial charge in [0.1, 0.15) is 12.6 Å². The smallest absolute Gasteiger partial charge is 0.410 e. The van der Waals surface area contributed by atoms with Crippen molar-refractivity contribution >= 4 is 12.1 Å². The number of benzene rings is 1. The highest BCUT2D eigenvalue weighted by atomic mass is 16.6. The van der Waals surface area contributed by atoms with Crippen molar-refractivity contribution in [3.63, 3.8) is 0 Å². The van der Waals surface area contributed by atoms with Crippen LogP contribution in [-0.4, -0.2) is 49.2 Å². The van der Waals surface area contributed by atoms with Gasteiger partial charge in [0.15, 0.2) is 0 Å². The molecule has 0 saturated carbocycles. The Morgan fingerprint density at radius 2 is 2.00 bits per heavy atom. The SMILES string of the molecule is COC(=O)[C@H]1CN(C(=O)OCc2ccccc2)C[C@H](C)N1. The van der Waals surface area contributed by atoms with E-state index in [1.807, 2.05) is 37.3 Å². The number of ether oxygens (including phenoxy) is 2. The Balaban J connectivity index is 1.90.